The van der Waals surface area contributed by atoms with E-state index in [2.05, 4.69) is 32.2 Å². The quantitative estimate of drug-likeness (QED) is 0.802. The van der Waals surface area contributed by atoms with Crippen molar-refractivity contribution in [3.05, 3.63) is 59.2 Å². The zero-order chi connectivity index (χ0) is 20.5. The minimum Gasteiger partial charge on any atom is -0.487 e. The van der Waals surface area contributed by atoms with Crippen LogP contribution in [-0.2, 0) is 10.2 Å². The Kier molecular flexibility index (Phi) is 5.42. The van der Waals surface area contributed by atoms with Crippen LogP contribution in [0.5, 0.6) is 11.5 Å². The summed E-state index contributed by atoms with van der Waals surface area (Å²) < 4.78 is 12.0. The van der Waals surface area contributed by atoms with Gasteiger partial charge in [-0.25, -0.2) is 0 Å². The van der Waals surface area contributed by atoms with Gasteiger partial charge in [0.05, 0.1) is 6.04 Å². The number of para-hydroxylation sites is 1. The monoisotopic (exact) mass is 381 g/mol. The summed E-state index contributed by atoms with van der Waals surface area (Å²) in [6.45, 7) is 12.5. The molecule has 0 bridgehead atoms. The van der Waals surface area contributed by atoms with Crippen LogP contribution in [0.3, 0.4) is 0 Å². The van der Waals surface area contributed by atoms with E-state index in [-0.39, 0.29) is 29.6 Å². The molecule has 4 heteroatoms. The summed E-state index contributed by atoms with van der Waals surface area (Å²) >= 11 is 0. The minimum absolute atomic E-state index is 0.00791. The summed E-state index contributed by atoms with van der Waals surface area (Å²) in [5.74, 6) is 1.47. The molecular formula is C24H31NO3. The molecule has 1 N–H and O–H groups in total. The highest BCUT2D eigenvalue weighted by atomic mass is 16.5. The third kappa shape index (κ3) is 4.67. The average Bonchev–Trinajstić information content (AvgIpc) is 2.59. The third-order valence-electron chi connectivity index (χ3n) is 5.01. The molecule has 3 rings (SSSR count). The summed E-state index contributed by atoms with van der Waals surface area (Å²) in [5.41, 5.74) is 2.89. The molecule has 1 unspecified atom stereocenters. The molecule has 1 aliphatic heterocycles. The predicted molar refractivity (Wildman–Crippen MR) is 112 cm³/mol. The molecule has 28 heavy (non-hydrogen) atoms. The number of hydrogen-bond acceptors (Lipinski definition) is 3. The fourth-order valence-electron chi connectivity index (χ4n) is 3.69. The average molecular weight is 382 g/mol. The second kappa shape index (κ2) is 7.50. The summed E-state index contributed by atoms with van der Waals surface area (Å²) in [4.78, 5) is 12.7. The molecule has 0 aromatic heterocycles. The lowest BCUT2D eigenvalue weighted by atomic mass is 9.86. The van der Waals surface area contributed by atoms with Crippen molar-refractivity contribution >= 4 is 5.91 Å². The molecule has 1 heterocycles. The molecule has 0 aliphatic carbocycles. The SMILES string of the molecule is Cc1ccc2c(c1)C(NC(=O)COc1ccccc1C(C)(C)C)CC(C)(C)O2. The van der Waals surface area contributed by atoms with Crippen LogP contribution in [0.1, 0.15) is 63.8 Å². The molecule has 0 fully saturated rings. The molecule has 4 nitrogen and oxygen atoms in total. The molecular weight excluding hydrogens is 350 g/mol. The van der Waals surface area contributed by atoms with Gasteiger partial charge in [0.15, 0.2) is 6.61 Å². The van der Waals surface area contributed by atoms with Gasteiger partial charge >= 0.3 is 0 Å². The van der Waals surface area contributed by atoms with Gasteiger partial charge in [0.2, 0.25) is 0 Å². The van der Waals surface area contributed by atoms with Crippen molar-refractivity contribution in [3.63, 3.8) is 0 Å². The van der Waals surface area contributed by atoms with Crippen molar-refractivity contribution in [2.75, 3.05) is 6.61 Å². The second-order valence-corrected chi connectivity index (χ2v) is 9.26. The zero-order valence-electron chi connectivity index (χ0n) is 17.8. The number of fused-ring (bicyclic) bond motifs is 1. The molecule has 0 saturated heterocycles. The second-order valence-electron chi connectivity index (χ2n) is 9.26. The van der Waals surface area contributed by atoms with Crippen molar-refractivity contribution in [2.24, 2.45) is 0 Å². The Bertz CT molecular complexity index is 864. The Morgan fingerprint density at radius 1 is 1.21 bits per heavy atom. The molecule has 0 saturated carbocycles. The van der Waals surface area contributed by atoms with E-state index in [1.165, 1.54) is 0 Å². The Balaban J connectivity index is 1.72. The predicted octanol–water partition coefficient (Wildman–Crippen LogP) is 5.09. The number of carbonyl (C=O) groups is 1. The highest BCUT2D eigenvalue weighted by Crippen LogP contribution is 2.40. The van der Waals surface area contributed by atoms with Crippen LogP contribution in [0.25, 0.3) is 0 Å². The maximum absolute atomic E-state index is 12.7. The lowest BCUT2D eigenvalue weighted by Crippen LogP contribution is -2.42. The van der Waals surface area contributed by atoms with Crippen molar-refractivity contribution in [1.82, 2.24) is 5.32 Å². The van der Waals surface area contributed by atoms with E-state index in [0.717, 1.165) is 28.2 Å². The first kappa shape index (κ1) is 20.2. The third-order valence-corrected chi connectivity index (χ3v) is 5.01. The summed E-state index contributed by atoms with van der Waals surface area (Å²) in [5, 5.41) is 3.14. The van der Waals surface area contributed by atoms with Crippen LogP contribution in [0.4, 0.5) is 0 Å². The molecule has 2 aromatic rings. The van der Waals surface area contributed by atoms with Crippen LogP contribution in [0.15, 0.2) is 42.5 Å². The molecule has 1 aliphatic rings. The van der Waals surface area contributed by atoms with Gasteiger partial charge in [-0.1, -0.05) is 56.7 Å². The fraction of sp³-hybridized carbons (Fsp3) is 0.458. The molecule has 0 radical (unpaired) electrons. The molecule has 1 atom stereocenters. The smallest absolute Gasteiger partial charge is 0.258 e. The number of nitrogens with one attached hydrogen (secondary N) is 1. The Hall–Kier alpha value is -2.49. The normalized spacial score (nSPS) is 18.0. The first-order valence-electron chi connectivity index (χ1n) is 9.86. The van der Waals surface area contributed by atoms with E-state index in [1.807, 2.05) is 57.2 Å². The minimum atomic E-state index is -0.333. The number of ether oxygens (including phenoxy) is 2. The van der Waals surface area contributed by atoms with E-state index in [9.17, 15) is 4.79 Å². The van der Waals surface area contributed by atoms with Crippen molar-refractivity contribution in [2.45, 2.75) is 65.0 Å². The highest BCUT2D eigenvalue weighted by Gasteiger charge is 2.34. The Labute approximate surface area is 168 Å². The van der Waals surface area contributed by atoms with Crippen molar-refractivity contribution in [1.29, 1.82) is 0 Å². The first-order chi connectivity index (χ1) is 13.0. The van der Waals surface area contributed by atoms with Crippen molar-refractivity contribution < 1.29 is 14.3 Å². The van der Waals surface area contributed by atoms with Gasteiger partial charge in [-0.2, -0.15) is 0 Å². The van der Waals surface area contributed by atoms with Crippen LogP contribution in [0, 0.1) is 6.92 Å². The maximum atomic E-state index is 12.7. The largest absolute Gasteiger partial charge is 0.487 e. The lowest BCUT2D eigenvalue weighted by molar-refractivity contribution is -0.124. The van der Waals surface area contributed by atoms with Gasteiger partial charge in [-0.3, -0.25) is 4.79 Å². The van der Waals surface area contributed by atoms with Gasteiger partial charge in [-0.15, -0.1) is 0 Å². The van der Waals surface area contributed by atoms with E-state index < -0.39 is 0 Å². The highest BCUT2D eigenvalue weighted by molar-refractivity contribution is 5.78. The molecule has 150 valence electrons. The Morgan fingerprint density at radius 3 is 2.64 bits per heavy atom. The van der Waals surface area contributed by atoms with Gasteiger partial charge in [-0.05, 0) is 43.9 Å². The number of benzene rings is 2. The first-order valence-corrected chi connectivity index (χ1v) is 9.86. The number of amides is 1. The number of carbonyl (C=O) groups excluding carboxylic acids is 1. The molecule has 0 spiro atoms. The summed E-state index contributed by atoms with van der Waals surface area (Å²) in [7, 11) is 0. The lowest BCUT2D eigenvalue weighted by Gasteiger charge is -2.38. The van der Waals surface area contributed by atoms with E-state index in [1.54, 1.807) is 0 Å². The topological polar surface area (TPSA) is 47.6 Å². The van der Waals surface area contributed by atoms with Crippen LogP contribution < -0.4 is 14.8 Å². The zero-order valence-corrected chi connectivity index (χ0v) is 17.8. The summed E-state index contributed by atoms with van der Waals surface area (Å²) in [6, 6.07) is 13.9. The molecule has 2 aromatic carbocycles. The van der Waals surface area contributed by atoms with Gasteiger partial charge in [0.25, 0.3) is 5.91 Å². The van der Waals surface area contributed by atoms with Crippen LogP contribution in [-0.4, -0.2) is 18.1 Å². The number of aryl methyl sites for hydroxylation is 1. The van der Waals surface area contributed by atoms with Crippen LogP contribution in [0.2, 0.25) is 0 Å². The van der Waals surface area contributed by atoms with E-state index in [4.69, 9.17) is 9.47 Å². The van der Waals surface area contributed by atoms with Crippen LogP contribution >= 0.6 is 0 Å². The standard InChI is InChI=1S/C24H31NO3/c1-16-11-12-20-17(13-16)19(14-24(5,6)28-20)25-22(26)15-27-21-10-8-7-9-18(21)23(2,3)4/h7-13,19H,14-15H2,1-6H3,(H,25,26). The Morgan fingerprint density at radius 2 is 1.93 bits per heavy atom. The number of hydrogen-bond donors (Lipinski definition) is 1. The van der Waals surface area contributed by atoms with Gasteiger partial charge in [0.1, 0.15) is 17.1 Å². The van der Waals surface area contributed by atoms with Gasteiger partial charge < -0.3 is 14.8 Å². The van der Waals surface area contributed by atoms with E-state index >= 15 is 0 Å². The van der Waals surface area contributed by atoms with Gasteiger partial charge in [0, 0.05) is 12.0 Å². The summed E-state index contributed by atoms with van der Waals surface area (Å²) in [6.07, 6.45) is 0.716. The molecule has 1 amide bonds. The van der Waals surface area contributed by atoms with E-state index in [0.29, 0.717) is 6.42 Å². The number of rotatable bonds is 4. The fourth-order valence-corrected chi connectivity index (χ4v) is 3.69. The maximum Gasteiger partial charge on any atom is 0.258 e. The van der Waals surface area contributed by atoms with Crippen molar-refractivity contribution in [3.8, 4) is 11.5 Å².